The van der Waals surface area contributed by atoms with Gasteiger partial charge in [0.15, 0.2) is 0 Å². The molecule has 0 aliphatic heterocycles. The van der Waals surface area contributed by atoms with Crippen molar-refractivity contribution in [2.24, 2.45) is 0 Å². The van der Waals surface area contributed by atoms with Crippen molar-refractivity contribution in [3.63, 3.8) is 0 Å². The van der Waals surface area contributed by atoms with Crippen LogP contribution in [0.2, 0.25) is 0 Å². The molecule has 0 fully saturated rings. The molecule has 2 aromatic carbocycles. The van der Waals surface area contributed by atoms with Crippen LogP contribution in [0.3, 0.4) is 0 Å². The Hall–Kier alpha value is -3.29. The van der Waals surface area contributed by atoms with Crippen LogP contribution in [0.1, 0.15) is 21.5 Å². The molecule has 0 atom stereocenters. The lowest BCUT2D eigenvalue weighted by Crippen LogP contribution is -2.06. The summed E-state index contributed by atoms with van der Waals surface area (Å²) in [6.45, 7) is 3.17. The monoisotopic (exact) mass is 361 g/mol. The number of nitrogens with two attached hydrogens (primary N) is 1. The van der Waals surface area contributed by atoms with Crippen LogP contribution in [0.5, 0.6) is 0 Å². The zero-order chi connectivity index (χ0) is 19.4. The van der Waals surface area contributed by atoms with E-state index >= 15 is 0 Å². The van der Waals surface area contributed by atoms with Gasteiger partial charge < -0.3 is 15.5 Å². The van der Waals surface area contributed by atoms with Gasteiger partial charge >= 0.3 is 5.97 Å². The number of benzene rings is 2. The fourth-order valence-corrected chi connectivity index (χ4v) is 2.18. The average molecular weight is 361 g/mol. The number of nitrogens with one attached hydrogen (secondary N) is 1. The number of hydrogen-bond acceptors (Lipinski definition) is 5. The maximum absolute atomic E-state index is 13.0. The largest absolute Gasteiger partial charge is 0.465 e. The van der Waals surface area contributed by atoms with E-state index in [4.69, 9.17) is 5.73 Å². The van der Waals surface area contributed by atoms with Gasteiger partial charge in [0, 0.05) is 11.8 Å². The van der Waals surface area contributed by atoms with Gasteiger partial charge in [-0.05, 0) is 43.2 Å². The van der Waals surface area contributed by atoms with Gasteiger partial charge in [-0.25, -0.2) is 18.6 Å². The molecule has 1 heterocycles. The first-order chi connectivity index (χ1) is 12.2. The van der Waals surface area contributed by atoms with E-state index in [1.54, 1.807) is 13.8 Å². The third-order valence-electron chi connectivity index (χ3n) is 3.66. The number of aryl methyl sites for hydroxylation is 2. The minimum Gasteiger partial charge on any atom is -0.465 e. The number of rotatable bonds is 1. The van der Waals surface area contributed by atoms with Gasteiger partial charge in [0.25, 0.3) is 5.56 Å². The van der Waals surface area contributed by atoms with E-state index in [9.17, 15) is 18.4 Å². The molecule has 8 heteroatoms. The fraction of sp³-hybridized carbons (Fsp3) is 0.167. The predicted molar refractivity (Wildman–Crippen MR) is 93.9 cm³/mol. The van der Waals surface area contributed by atoms with Gasteiger partial charge in [-0.3, -0.25) is 4.79 Å². The van der Waals surface area contributed by atoms with E-state index in [0.717, 1.165) is 6.07 Å². The number of anilines is 1. The molecule has 0 saturated heterocycles. The number of methoxy groups -OCH3 is 1. The lowest BCUT2D eigenvalue weighted by atomic mass is 10.1. The smallest absolute Gasteiger partial charge is 0.339 e. The molecule has 0 spiro atoms. The van der Waals surface area contributed by atoms with Crippen molar-refractivity contribution in [1.82, 2.24) is 9.97 Å². The molecule has 0 aliphatic carbocycles. The van der Waals surface area contributed by atoms with E-state index in [-0.39, 0.29) is 22.6 Å². The highest BCUT2D eigenvalue weighted by atomic mass is 19.1. The Kier molecular flexibility index (Phi) is 5.66. The van der Waals surface area contributed by atoms with Gasteiger partial charge in [0.2, 0.25) is 0 Å². The van der Waals surface area contributed by atoms with Crippen molar-refractivity contribution in [3.05, 3.63) is 69.3 Å². The van der Waals surface area contributed by atoms with Crippen molar-refractivity contribution in [2.75, 3.05) is 12.8 Å². The molecule has 136 valence electrons. The Labute approximate surface area is 147 Å². The Balaban J connectivity index is 0.000000187. The van der Waals surface area contributed by atoms with Crippen molar-refractivity contribution in [1.29, 1.82) is 0 Å². The first-order valence-corrected chi connectivity index (χ1v) is 7.52. The van der Waals surface area contributed by atoms with Crippen LogP contribution in [-0.2, 0) is 4.74 Å². The van der Waals surface area contributed by atoms with E-state index < -0.39 is 11.8 Å². The number of esters is 1. The minimum absolute atomic E-state index is 0.0925. The van der Waals surface area contributed by atoms with Gasteiger partial charge in [-0.15, -0.1) is 0 Å². The Morgan fingerprint density at radius 1 is 1.12 bits per heavy atom. The zero-order valence-corrected chi connectivity index (χ0v) is 14.4. The number of H-pyrrole nitrogens is 1. The number of carbonyl (C=O) groups is 1. The Bertz CT molecular complexity index is 1030. The SMILES string of the molecule is COC(=O)c1cc(C)c(F)cc1N.Cc1cc2c(=O)[nH]cnc2cc1F. The zero-order valence-electron chi connectivity index (χ0n) is 14.4. The van der Waals surface area contributed by atoms with Crippen molar-refractivity contribution in [2.45, 2.75) is 13.8 Å². The molecule has 3 rings (SSSR count). The number of carbonyl (C=O) groups excluding carboxylic acids is 1. The third kappa shape index (κ3) is 4.02. The third-order valence-corrected chi connectivity index (χ3v) is 3.66. The number of nitrogen functional groups attached to an aromatic ring is 1. The van der Waals surface area contributed by atoms with Crippen LogP contribution in [0.25, 0.3) is 10.9 Å². The summed E-state index contributed by atoms with van der Waals surface area (Å²) in [4.78, 5) is 28.6. The average Bonchev–Trinajstić information content (AvgIpc) is 2.60. The van der Waals surface area contributed by atoms with Crippen molar-refractivity contribution < 1.29 is 18.3 Å². The summed E-state index contributed by atoms with van der Waals surface area (Å²) in [7, 11) is 1.25. The highest BCUT2D eigenvalue weighted by molar-refractivity contribution is 5.95. The molecule has 6 nitrogen and oxygen atoms in total. The van der Waals surface area contributed by atoms with Crippen LogP contribution in [0, 0.1) is 25.5 Å². The second-order valence-corrected chi connectivity index (χ2v) is 5.53. The number of ether oxygens (including phenoxy) is 1. The van der Waals surface area contributed by atoms with Crippen LogP contribution in [-0.4, -0.2) is 23.0 Å². The van der Waals surface area contributed by atoms with E-state index in [0.29, 0.717) is 22.0 Å². The molecular formula is C18H17F2N3O3. The van der Waals surface area contributed by atoms with E-state index in [2.05, 4.69) is 14.7 Å². The predicted octanol–water partition coefficient (Wildman–Crippen LogP) is 2.87. The number of aromatic nitrogens is 2. The normalized spacial score (nSPS) is 10.2. The van der Waals surface area contributed by atoms with Gasteiger partial charge in [-0.1, -0.05) is 0 Å². The first-order valence-electron chi connectivity index (χ1n) is 7.52. The van der Waals surface area contributed by atoms with Crippen LogP contribution >= 0.6 is 0 Å². The molecule has 0 aliphatic rings. The molecule has 3 aromatic rings. The maximum Gasteiger partial charge on any atom is 0.339 e. The van der Waals surface area contributed by atoms with Crippen LogP contribution in [0.15, 0.2) is 35.4 Å². The maximum atomic E-state index is 13.0. The summed E-state index contributed by atoms with van der Waals surface area (Å²) in [5.41, 5.74) is 6.67. The van der Waals surface area contributed by atoms with Crippen molar-refractivity contribution >= 4 is 22.6 Å². The highest BCUT2D eigenvalue weighted by Gasteiger charge is 2.12. The van der Waals surface area contributed by atoms with Crippen LogP contribution < -0.4 is 11.3 Å². The second kappa shape index (κ2) is 7.73. The lowest BCUT2D eigenvalue weighted by Gasteiger charge is -2.05. The molecule has 0 amide bonds. The van der Waals surface area contributed by atoms with Crippen molar-refractivity contribution in [3.8, 4) is 0 Å². The summed E-state index contributed by atoms with van der Waals surface area (Å²) in [6, 6.07) is 5.24. The summed E-state index contributed by atoms with van der Waals surface area (Å²) in [5, 5.41) is 0.418. The number of halogens is 2. The lowest BCUT2D eigenvalue weighted by molar-refractivity contribution is 0.0602. The summed E-state index contributed by atoms with van der Waals surface area (Å²) >= 11 is 0. The summed E-state index contributed by atoms with van der Waals surface area (Å²) in [6.07, 6.45) is 1.26. The quantitative estimate of drug-likeness (QED) is 0.513. The molecule has 0 unspecified atom stereocenters. The Morgan fingerprint density at radius 2 is 1.73 bits per heavy atom. The molecule has 1 aromatic heterocycles. The standard InChI is InChI=1S/C9H7FN2O.C9H10FNO2/c1-5-2-6-8(3-7(5)10)11-4-12-9(6)13;1-5-3-6(9(12)13-2)8(11)4-7(5)10/h2-4H,1H3,(H,11,12,13);3-4H,11H2,1-2H3. The van der Waals surface area contributed by atoms with Gasteiger partial charge in [0.1, 0.15) is 11.6 Å². The second-order valence-electron chi connectivity index (χ2n) is 5.53. The van der Waals surface area contributed by atoms with E-state index in [1.165, 1.54) is 31.6 Å². The summed E-state index contributed by atoms with van der Waals surface area (Å²) < 4.78 is 30.4. The number of aromatic amines is 1. The summed E-state index contributed by atoms with van der Waals surface area (Å²) in [5.74, 6) is -1.32. The Morgan fingerprint density at radius 3 is 2.38 bits per heavy atom. The molecule has 0 saturated carbocycles. The van der Waals surface area contributed by atoms with Crippen LogP contribution in [0.4, 0.5) is 14.5 Å². The molecule has 0 bridgehead atoms. The molecule has 0 radical (unpaired) electrons. The highest BCUT2D eigenvalue weighted by Crippen LogP contribution is 2.18. The number of hydrogen-bond donors (Lipinski definition) is 2. The number of nitrogens with zero attached hydrogens (tertiary/aromatic N) is 1. The molecule has 26 heavy (non-hydrogen) atoms. The van der Waals surface area contributed by atoms with E-state index in [1.807, 2.05) is 0 Å². The van der Waals surface area contributed by atoms with Gasteiger partial charge in [0.05, 0.1) is 29.9 Å². The molecular weight excluding hydrogens is 344 g/mol. The fourth-order valence-electron chi connectivity index (χ4n) is 2.18. The topological polar surface area (TPSA) is 98.1 Å². The van der Waals surface area contributed by atoms with Gasteiger partial charge in [-0.2, -0.15) is 0 Å². The number of fused-ring (bicyclic) bond motifs is 1. The molecule has 3 N–H and O–H groups in total. The first kappa shape index (κ1) is 19.0. The minimum atomic E-state index is -0.555.